The predicted molar refractivity (Wildman–Crippen MR) is 151 cm³/mol. The molecule has 0 radical (unpaired) electrons. The average Bonchev–Trinajstić information content (AvgIpc) is 2.94. The van der Waals surface area contributed by atoms with Crippen LogP contribution in [0.5, 0.6) is 11.5 Å². The largest absolute Gasteiger partial charge is 0.545 e. The highest BCUT2D eigenvalue weighted by molar-refractivity contribution is 6.37. The molecule has 0 atom stereocenters. The van der Waals surface area contributed by atoms with Crippen LogP contribution in [0.2, 0.25) is 10.0 Å². The number of nitrogens with zero attached hydrogens (tertiary/aromatic N) is 2. The van der Waals surface area contributed by atoms with Gasteiger partial charge in [0, 0.05) is 75.3 Å². The predicted octanol–water partition coefficient (Wildman–Crippen LogP) is 3.79. The number of hydrogen-bond donors (Lipinski definition) is 0. The molecule has 0 N–H and O–H groups in total. The van der Waals surface area contributed by atoms with Crippen molar-refractivity contribution >= 4 is 40.4 Å². The van der Waals surface area contributed by atoms with E-state index in [2.05, 4.69) is 21.6 Å². The summed E-state index contributed by atoms with van der Waals surface area (Å²) in [7, 11) is 0. The number of carboxylic acid groups (broad SMARTS) is 1. The molecule has 0 amide bonds. The normalized spacial score (nSPS) is 18.6. The molecule has 7 heteroatoms. The monoisotopic (exact) mass is 558 g/mol. The highest BCUT2D eigenvalue weighted by Crippen LogP contribution is 2.49. The Kier molecular flexibility index (Phi) is 5.34. The van der Waals surface area contributed by atoms with E-state index in [1.807, 2.05) is 0 Å². The summed E-state index contributed by atoms with van der Waals surface area (Å²) in [4.78, 5) is 15.1. The fraction of sp³-hybridized carbons (Fsp3) is 0.375. The Balaban J connectivity index is 1.57. The molecular formula is C32H28Cl2N2O3. The van der Waals surface area contributed by atoms with Crippen molar-refractivity contribution in [1.29, 1.82) is 0 Å². The molecule has 3 aromatic carbocycles. The zero-order valence-electron chi connectivity index (χ0n) is 21.7. The smallest absolute Gasteiger partial charge is 0.210 e. The van der Waals surface area contributed by atoms with E-state index in [0.717, 1.165) is 105 Å². The van der Waals surface area contributed by atoms with Crippen molar-refractivity contribution in [2.24, 2.45) is 0 Å². The number of carbonyl (C=O) groups excluding carboxylic acids is 1. The minimum atomic E-state index is -1.32. The number of rotatable bonds is 2. The molecule has 0 aliphatic carbocycles. The molecule has 3 aromatic rings. The first-order valence-corrected chi connectivity index (χ1v) is 14.9. The van der Waals surface area contributed by atoms with Gasteiger partial charge in [0.15, 0.2) is 0 Å². The number of hydrogen-bond acceptors (Lipinski definition) is 4. The zero-order chi connectivity index (χ0) is 26.4. The third-order valence-electron chi connectivity index (χ3n) is 9.25. The Morgan fingerprint density at radius 2 is 1.59 bits per heavy atom. The van der Waals surface area contributed by atoms with Crippen LogP contribution < -0.4 is 29.9 Å². The average molecular weight is 559 g/mol. The lowest BCUT2D eigenvalue weighted by atomic mass is 9.81. The molecule has 198 valence electrons. The van der Waals surface area contributed by atoms with Crippen molar-refractivity contribution in [3.63, 3.8) is 0 Å². The summed E-state index contributed by atoms with van der Waals surface area (Å²) >= 11 is 13.4. The Morgan fingerprint density at radius 3 is 2.41 bits per heavy atom. The summed E-state index contributed by atoms with van der Waals surface area (Å²) < 4.78 is 9.54. The van der Waals surface area contributed by atoms with Gasteiger partial charge in [-0.15, -0.1) is 0 Å². The molecule has 0 fully saturated rings. The second kappa shape index (κ2) is 8.74. The Bertz CT molecular complexity index is 1750. The van der Waals surface area contributed by atoms with Gasteiger partial charge in [0.1, 0.15) is 24.6 Å². The van der Waals surface area contributed by atoms with Crippen LogP contribution in [-0.2, 0) is 25.7 Å². The first-order valence-electron chi connectivity index (χ1n) is 14.1. The van der Waals surface area contributed by atoms with Gasteiger partial charge in [-0.05, 0) is 68.4 Å². The molecule has 8 rings (SSSR count). The molecule has 0 saturated carbocycles. The molecule has 0 aromatic heterocycles. The molecular weight excluding hydrogens is 531 g/mol. The molecule has 5 aliphatic heterocycles. The van der Waals surface area contributed by atoms with E-state index in [0.29, 0.717) is 10.6 Å². The number of benzene rings is 3. The van der Waals surface area contributed by atoms with E-state index in [4.69, 9.17) is 27.9 Å². The highest BCUT2D eigenvalue weighted by atomic mass is 35.5. The number of halogens is 2. The van der Waals surface area contributed by atoms with Gasteiger partial charge in [0.05, 0.1) is 16.6 Å². The molecule has 0 unspecified atom stereocenters. The quantitative estimate of drug-likeness (QED) is 0.351. The van der Waals surface area contributed by atoms with Crippen LogP contribution in [-0.4, -0.2) is 32.1 Å². The van der Waals surface area contributed by atoms with E-state index in [9.17, 15) is 9.90 Å². The topological polar surface area (TPSA) is 55.6 Å². The van der Waals surface area contributed by atoms with Crippen molar-refractivity contribution in [1.82, 2.24) is 4.58 Å². The molecule has 5 nitrogen and oxygen atoms in total. The number of fused-ring (bicyclic) bond motifs is 4. The minimum Gasteiger partial charge on any atom is -0.545 e. The van der Waals surface area contributed by atoms with Crippen LogP contribution >= 0.6 is 23.2 Å². The van der Waals surface area contributed by atoms with Gasteiger partial charge in [-0.1, -0.05) is 23.2 Å². The minimum absolute atomic E-state index is 0.0565. The van der Waals surface area contributed by atoms with Crippen molar-refractivity contribution in [3.05, 3.63) is 83.8 Å². The molecule has 5 aliphatic rings. The Morgan fingerprint density at radius 1 is 0.872 bits per heavy atom. The van der Waals surface area contributed by atoms with Gasteiger partial charge in [-0.2, -0.15) is 0 Å². The van der Waals surface area contributed by atoms with Crippen LogP contribution in [0.3, 0.4) is 0 Å². The highest BCUT2D eigenvalue weighted by Gasteiger charge is 2.36. The number of aromatic carboxylic acids is 1. The summed E-state index contributed by atoms with van der Waals surface area (Å²) in [6.07, 6.45) is 8.21. The Labute approximate surface area is 236 Å². The number of carbonyl (C=O) groups is 1. The Hall–Kier alpha value is -3.02. The SMILES string of the molecule is O=C([O-])c1c(Cl)ccc(Cl)c1C1=c2cc3c4c(c2Oc2c1cc1c5c2CCCN5CCC1)CCC[N+]=4CCC3. The zero-order valence-corrected chi connectivity index (χ0v) is 23.2. The van der Waals surface area contributed by atoms with Crippen LogP contribution in [0.4, 0.5) is 5.69 Å². The number of anilines is 1. The van der Waals surface area contributed by atoms with Crippen molar-refractivity contribution in [3.8, 4) is 11.5 Å². The van der Waals surface area contributed by atoms with Gasteiger partial charge < -0.3 is 19.5 Å². The van der Waals surface area contributed by atoms with Crippen molar-refractivity contribution in [2.75, 3.05) is 31.1 Å². The summed E-state index contributed by atoms with van der Waals surface area (Å²) in [6.45, 7) is 4.26. The number of aryl methyl sites for hydroxylation is 2. The first-order chi connectivity index (χ1) is 19.0. The summed E-state index contributed by atoms with van der Waals surface area (Å²) in [5.74, 6) is 0.384. The third kappa shape index (κ3) is 3.39. The summed E-state index contributed by atoms with van der Waals surface area (Å²) in [6, 6.07) is 7.71. The molecule has 5 heterocycles. The third-order valence-corrected chi connectivity index (χ3v) is 9.88. The number of ether oxygens (including phenoxy) is 1. The van der Waals surface area contributed by atoms with Crippen LogP contribution in [0, 0.1) is 0 Å². The van der Waals surface area contributed by atoms with E-state index < -0.39 is 5.97 Å². The van der Waals surface area contributed by atoms with Crippen LogP contribution in [0.25, 0.3) is 5.57 Å². The molecule has 0 spiro atoms. The lowest BCUT2D eigenvalue weighted by molar-refractivity contribution is -0.255. The maximum absolute atomic E-state index is 12.6. The number of carboxylic acids is 1. The van der Waals surface area contributed by atoms with Gasteiger partial charge >= 0.3 is 0 Å². The first kappa shape index (κ1) is 23.8. The van der Waals surface area contributed by atoms with Gasteiger partial charge in [-0.3, -0.25) is 0 Å². The summed E-state index contributed by atoms with van der Waals surface area (Å²) in [5, 5.41) is 15.3. The standard InChI is InChI=1S/C32H28Cl2N2O3/c33-23-9-10-24(34)27(32(37)38)26(23)25-21-15-17-5-1-11-35-13-3-7-19(28(17)35)30(21)39-31-20-8-4-14-36-12-2-6-18(29(20)36)16-22(25)31/h9-10,15-16H,1-8,11-14H2. The van der Waals surface area contributed by atoms with E-state index in [1.165, 1.54) is 33.3 Å². The van der Waals surface area contributed by atoms with Crippen molar-refractivity contribution in [2.45, 2.75) is 51.4 Å². The molecule has 0 bridgehead atoms. The van der Waals surface area contributed by atoms with E-state index >= 15 is 0 Å². The maximum atomic E-state index is 12.6. The lowest BCUT2D eigenvalue weighted by Gasteiger charge is -2.39. The van der Waals surface area contributed by atoms with E-state index in [1.54, 1.807) is 12.1 Å². The van der Waals surface area contributed by atoms with E-state index in [-0.39, 0.29) is 10.6 Å². The fourth-order valence-electron chi connectivity index (χ4n) is 7.78. The maximum Gasteiger partial charge on any atom is 0.210 e. The van der Waals surface area contributed by atoms with Gasteiger partial charge in [0.25, 0.3) is 0 Å². The van der Waals surface area contributed by atoms with Gasteiger partial charge in [0.2, 0.25) is 5.36 Å². The molecule has 39 heavy (non-hydrogen) atoms. The molecule has 0 saturated heterocycles. The summed E-state index contributed by atoms with van der Waals surface area (Å²) in [5.41, 5.74) is 8.50. The van der Waals surface area contributed by atoms with Crippen molar-refractivity contribution < 1.29 is 14.6 Å². The lowest BCUT2D eigenvalue weighted by Crippen LogP contribution is -2.45. The van der Waals surface area contributed by atoms with Gasteiger partial charge in [-0.25, -0.2) is 4.58 Å². The van der Waals surface area contributed by atoms with Crippen LogP contribution in [0.15, 0.2) is 24.3 Å². The second-order valence-corrected chi connectivity index (χ2v) is 12.2. The fourth-order valence-corrected chi connectivity index (χ4v) is 8.27. The second-order valence-electron chi connectivity index (χ2n) is 11.4. The van der Waals surface area contributed by atoms with Crippen LogP contribution in [0.1, 0.15) is 69.4 Å².